The second-order valence-corrected chi connectivity index (χ2v) is 7.31. The number of nitrogens with one attached hydrogen (secondary N) is 2. The molecule has 3 rings (SSSR count). The Hall–Kier alpha value is -2.86. The number of anilines is 1. The van der Waals surface area contributed by atoms with Crippen molar-refractivity contribution < 1.29 is 14.3 Å². The number of rotatable bonds is 7. The smallest absolute Gasteiger partial charge is 0.321 e. The third kappa shape index (κ3) is 6.06. The Kier molecular flexibility index (Phi) is 7.64. The molecular weight excluding hydrogens is 366 g/mol. The van der Waals surface area contributed by atoms with Gasteiger partial charge in [-0.2, -0.15) is 0 Å². The van der Waals surface area contributed by atoms with Gasteiger partial charge in [-0.1, -0.05) is 30.3 Å². The number of ether oxygens (including phenoxy) is 1. The zero-order valence-electron chi connectivity index (χ0n) is 16.9. The van der Waals surface area contributed by atoms with Crippen molar-refractivity contribution in [2.45, 2.75) is 25.2 Å². The van der Waals surface area contributed by atoms with Crippen LogP contribution in [0.3, 0.4) is 0 Å². The minimum atomic E-state index is -0.0760. The van der Waals surface area contributed by atoms with Gasteiger partial charge in [0.05, 0.1) is 0 Å². The van der Waals surface area contributed by atoms with E-state index in [0.29, 0.717) is 25.3 Å². The zero-order chi connectivity index (χ0) is 20.5. The van der Waals surface area contributed by atoms with Gasteiger partial charge in [-0.15, -0.1) is 0 Å². The van der Waals surface area contributed by atoms with Crippen molar-refractivity contribution in [3.05, 3.63) is 65.7 Å². The van der Waals surface area contributed by atoms with Crippen LogP contribution in [0.15, 0.2) is 54.6 Å². The average molecular weight is 396 g/mol. The van der Waals surface area contributed by atoms with Gasteiger partial charge in [-0.25, -0.2) is 4.79 Å². The number of amides is 3. The molecule has 0 bridgehead atoms. The van der Waals surface area contributed by atoms with E-state index in [4.69, 9.17) is 4.74 Å². The van der Waals surface area contributed by atoms with Crippen molar-refractivity contribution in [1.82, 2.24) is 10.2 Å². The van der Waals surface area contributed by atoms with Crippen LogP contribution in [-0.2, 0) is 4.74 Å². The van der Waals surface area contributed by atoms with Gasteiger partial charge in [-0.3, -0.25) is 4.79 Å². The number of hydrogen-bond acceptors (Lipinski definition) is 3. The summed E-state index contributed by atoms with van der Waals surface area (Å²) < 4.78 is 5.01. The molecule has 1 fully saturated rings. The van der Waals surface area contributed by atoms with Crippen LogP contribution in [0.5, 0.6) is 0 Å². The first-order chi connectivity index (χ1) is 14.2. The first-order valence-electron chi connectivity index (χ1n) is 10.2. The number of methoxy groups -OCH3 is 1. The van der Waals surface area contributed by atoms with Crippen molar-refractivity contribution in [3.63, 3.8) is 0 Å². The lowest BCUT2D eigenvalue weighted by Crippen LogP contribution is -2.41. The molecule has 2 aromatic carbocycles. The van der Waals surface area contributed by atoms with Crippen LogP contribution in [0.4, 0.5) is 10.5 Å². The van der Waals surface area contributed by atoms with Crippen molar-refractivity contribution in [2.75, 3.05) is 38.7 Å². The van der Waals surface area contributed by atoms with Gasteiger partial charge in [0.25, 0.3) is 5.91 Å². The summed E-state index contributed by atoms with van der Waals surface area (Å²) in [7, 11) is 1.65. The molecule has 2 aromatic rings. The Balaban J connectivity index is 1.60. The Morgan fingerprint density at radius 1 is 1.14 bits per heavy atom. The molecule has 1 aliphatic rings. The maximum absolute atomic E-state index is 12.6. The predicted octanol–water partition coefficient (Wildman–Crippen LogP) is 3.86. The monoisotopic (exact) mass is 395 g/mol. The number of hydrogen-bond donors (Lipinski definition) is 2. The maximum atomic E-state index is 12.6. The number of urea groups is 1. The summed E-state index contributed by atoms with van der Waals surface area (Å²) in [5.41, 5.74) is 2.56. The largest absolute Gasteiger partial charge is 0.385 e. The summed E-state index contributed by atoms with van der Waals surface area (Å²) in [4.78, 5) is 26.9. The molecule has 29 heavy (non-hydrogen) atoms. The number of para-hydroxylation sites is 1. The van der Waals surface area contributed by atoms with Gasteiger partial charge < -0.3 is 20.3 Å². The number of carbonyl (C=O) groups excluding carboxylic acids is 2. The highest BCUT2D eigenvalue weighted by molar-refractivity contribution is 5.94. The molecule has 0 saturated carbocycles. The minimum Gasteiger partial charge on any atom is -0.385 e. The van der Waals surface area contributed by atoms with Gasteiger partial charge in [-0.05, 0) is 49.1 Å². The van der Waals surface area contributed by atoms with Gasteiger partial charge in [0.1, 0.15) is 0 Å². The summed E-state index contributed by atoms with van der Waals surface area (Å²) in [6.07, 6.45) is 2.74. The van der Waals surface area contributed by atoms with E-state index in [9.17, 15) is 9.59 Å². The highest BCUT2D eigenvalue weighted by atomic mass is 16.5. The fourth-order valence-corrected chi connectivity index (χ4v) is 3.61. The first-order valence-corrected chi connectivity index (χ1v) is 10.2. The number of piperidine rings is 1. The topological polar surface area (TPSA) is 70.7 Å². The summed E-state index contributed by atoms with van der Waals surface area (Å²) >= 11 is 0. The molecule has 1 atom stereocenters. The number of nitrogens with zero attached hydrogens (tertiary/aromatic N) is 1. The SMILES string of the molecule is COCCCNC(=O)c1cccc([C@H]2CCCN(C(=O)Nc3ccccc3)C2)c1. The van der Waals surface area contributed by atoms with Gasteiger partial charge >= 0.3 is 6.03 Å². The van der Waals surface area contributed by atoms with Crippen molar-refractivity contribution in [2.24, 2.45) is 0 Å². The Labute approximate surface area is 172 Å². The standard InChI is InChI=1S/C23H29N3O3/c1-29-15-7-13-24-22(27)19-9-5-8-18(16-19)20-10-6-14-26(17-20)23(28)25-21-11-3-2-4-12-21/h2-5,8-9,11-12,16,20H,6-7,10,13-15,17H2,1H3,(H,24,27)(H,25,28)/t20-/m0/s1. The molecule has 0 aromatic heterocycles. The average Bonchev–Trinajstić information content (AvgIpc) is 2.77. The first kappa shape index (κ1) is 20.9. The lowest BCUT2D eigenvalue weighted by Gasteiger charge is -2.33. The molecule has 0 spiro atoms. The van der Waals surface area contributed by atoms with Crippen LogP contribution in [0.25, 0.3) is 0 Å². The van der Waals surface area contributed by atoms with E-state index in [2.05, 4.69) is 10.6 Å². The summed E-state index contributed by atoms with van der Waals surface area (Å²) in [5, 5.41) is 5.88. The van der Waals surface area contributed by atoms with Gasteiger partial charge in [0.2, 0.25) is 0 Å². The third-order valence-corrected chi connectivity index (χ3v) is 5.16. The highest BCUT2D eigenvalue weighted by Crippen LogP contribution is 2.28. The quantitative estimate of drug-likeness (QED) is 0.699. The molecule has 1 aliphatic heterocycles. The molecule has 6 heteroatoms. The molecule has 154 valence electrons. The predicted molar refractivity (Wildman–Crippen MR) is 114 cm³/mol. The van der Waals surface area contributed by atoms with E-state index in [1.54, 1.807) is 7.11 Å². The molecule has 6 nitrogen and oxygen atoms in total. The van der Waals surface area contributed by atoms with E-state index in [1.165, 1.54) is 0 Å². The summed E-state index contributed by atoms with van der Waals surface area (Å²) in [5.74, 6) is 0.156. The van der Waals surface area contributed by atoms with Crippen LogP contribution in [-0.4, -0.2) is 50.2 Å². The van der Waals surface area contributed by atoms with Crippen LogP contribution < -0.4 is 10.6 Å². The molecule has 1 heterocycles. The van der Waals surface area contributed by atoms with Crippen LogP contribution in [0.1, 0.15) is 41.1 Å². The third-order valence-electron chi connectivity index (χ3n) is 5.16. The number of carbonyl (C=O) groups is 2. The van der Waals surface area contributed by atoms with Gasteiger partial charge in [0.15, 0.2) is 0 Å². The Morgan fingerprint density at radius 2 is 1.97 bits per heavy atom. The molecule has 0 aliphatic carbocycles. The normalized spacial score (nSPS) is 16.3. The van der Waals surface area contributed by atoms with Crippen molar-refractivity contribution in [3.8, 4) is 0 Å². The van der Waals surface area contributed by atoms with E-state index in [1.807, 2.05) is 59.5 Å². The fourth-order valence-electron chi connectivity index (χ4n) is 3.61. The Morgan fingerprint density at radius 3 is 2.76 bits per heavy atom. The van der Waals surface area contributed by atoms with Crippen LogP contribution in [0, 0.1) is 0 Å². The fraction of sp³-hybridized carbons (Fsp3) is 0.391. The molecule has 0 unspecified atom stereocenters. The lowest BCUT2D eigenvalue weighted by atomic mass is 9.89. The second kappa shape index (κ2) is 10.6. The van der Waals surface area contributed by atoms with Gasteiger partial charge in [0, 0.05) is 50.5 Å². The molecule has 2 N–H and O–H groups in total. The highest BCUT2D eigenvalue weighted by Gasteiger charge is 2.25. The summed E-state index contributed by atoms with van der Waals surface area (Å²) in [6.45, 7) is 2.61. The second-order valence-electron chi connectivity index (χ2n) is 7.31. The number of benzene rings is 2. The molecule has 3 amide bonds. The zero-order valence-corrected chi connectivity index (χ0v) is 16.9. The van der Waals surface area contributed by atoms with Crippen molar-refractivity contribution >= 4 is 17.6 Å². The minimum absolute atomic E-state index is 0.0718. The van der Waals surface area contributed by atoms with Crippen molar-refractivity contribution in [1.29, 1.82) is 0 Å². The summed E-state index contributed by atoms with van der Waals surface area (Å²) in [6, 6.07) is 17.2. The molecule has 0 radical (unpaired) electrons. The van der Waals surface area contributed by atoms with E-state index in [-0.39, 0.29) is 17.9 Å². The lowest BCUT2D eigenvalue weighted by molar-refractivity contribution is 0.0948. The Bertz CT molecular complexity index is 810. The molecular formula is C23H29N3O3. The van der Waals surface area contributed by atoms with Crippen LogP contribution in [0.2, 0.25) is 0 Å². The van der Waals surface area contributed by atoms with E-state index < -0.39 is 0 Å². The van der Waals surface area contributed by atoms with Crippen LogP contribution >= 0.6 is 0 Å². The van der Waals surface area contributed by atoms with E-state index in [0.717, 1.165) is 37.1 Å². The molecule has 1 saturated heterocycles. The number of likely N-dealkylation sites (tertiary alicyclic amines) is 1. The van der Waals surface area contributed by atoms with E-state index >= 15 is 0 Å². The maximum Gasteiger partial charge on any atom is 0.321 e.